The molecule has 98 valence electrons. The van der Waals surface area contributed by atoms with Gasteiger partial charge in [-0.25, -0.2) is 0 Å². The number of rotatable bonds is 3. The van der Waals surface area contributed by atoms with E-state index in [1.807, 2.05) is 13.0 Å². The Morgan fingerprint density at radius 1 is 1.37 bits per heavy atom. The predicted octanol–water partition coefficient (Wildman–Crippen LogP) is 3.63. The summed E-state index contributed by atoms with van der Waals surface area (Å²) >= 11 is 12.0. The summed E-state index contributed by atoms with van der Waals surface area (Å²) < 4.78 is 0. The average molecular weight is 295 g/mol. The van der Waals surface area contributed by atoms with Crippen molar-refractivity contribution in [3.63, 3.8) is 0 Å². The largest absolute Gasteiger partial charge is 0.348 e. The molecule has 0 aliphatic heterocycles. The van der Waals surface area contributed by atoms with Crippen LogP contribution in [0.1, 0.15) is 21.5 Å². The Morgan fingerprint density at radius 3 is 2.79 bits per heavy atom. The van der Waals surface area contributed by atoms with Crippen molar-refractivity contribution < 1.29 is 4.79 Å². The summed E-state index contributed by atoms with van der Waals surface area (Å²) in [6.45, 7) is 2.26. The smallest absolute Gasteiger partial charge is 0.253 e. The number of hydrogen-bond acceptors (Lipinski definition) is 2. The van der Waals surface area contributed by atoms with Gasteiger partial charge in [0.15, 0.2) is 0 Å². The molecular weight excluding hydrogens is 283 g/mol. The highest BCUT2D eigenvalue weighted by atomic mass is 35.5. The van der Waals surface area contributed by atoms with Gasteiger partial charge < -0.3 is 5.32 Å². The number of nitrogens with one attached hydrogen (secondary N) is 1. The summed E-state index contributed by atoms with van der Waals surface area (Å²) in [6.07, 6.45) is 3.14. The van der Waals surface area contributed by atoms with Crippen molar-refractivity contribution in [2.24, 2.45) is 0 Å². The Bertz CT molecular complexity index is 577. The maximum atomic E-state index is 11.9. The second-order valence-electron chi connectivity index (χ2n) is 4.11. The zero-order valence-corrected chi connectivity index (χ0v) is 11.8. The molecule has 0 spiro atoms. The third-order valence-electron chi connectivity index (χ3n) is 2.73. The molecule has 0 radical (unpaired) electrons. The summed E-state index contributed by atoms with van der Waals surface area (Å²) in [5.41, 5.74) is 2.33. The SMILES string of the molecule is Cc1cc(Cl)cc(Cl)c1CNC(=O)c1cccnc1. The maximum absolute atomic E-state index is 11.9. The standard InChI is InChI=1S/C14H12Cl2N2O/c1-9-5-11(15)6-13(16)12(9)8-18-14(19)10-3-2-4-17-7-10/h2-7H,8H2,1H3,(H,18,19). The number of benzene rings is 1. The molecule has 0 aliphatic carbocycles. The van der Waals surface area contributed by atoms with Crippen molar-refractivity contribution in [1.82, 2.24) is 10.3 Å². The minimum Gasteiger partial charge on any atom is -0.348 e. The number of carbonyl (C=O) groups is 1. The molecule has 1 aromatic heterocycles. The molecule has 1 heterocycles. The second kappa shape index (κ2) is 6.04. The van der Waals surface area contributed by atoms with Crippen LogP contribution in [0.3, 0.4) is 0 Å². The van der Waals surface area contributed by atoms with Crippen molar-refractivity contribution in [3.05, 3.63) is 63.4 Å². The first-order valence-corrected chi connectivity index (χ1v) is 6.46. The topological polar surface area (TPSA) is 42.0 Å². The van der Waals surface area contributed by atoms with Crippen LogP contribution in [-0.2, 0) is 6.54 Å². The summed E-state index contributed by atoms with van der Waals surface area (Å²) in [5, 5.41) is 3.95. The molecule has 0 unspecified atom stereocenters. The van der Waals surface area contributed by atoms with Crippen molar-refractivity contribution in [2.45, 2.75) is 13.5 Å². The van der Waals surface area contributed by atoms with Gasteiger partial charge in [0.1, 0.15) is 0 Å². The van der Waals surface area contributed by atoms with E-state index in [0.717, 1.165) is 11.1 Å². The van der Waals surface area contributed by atoms with Crippen LogP contribution < -0.4 is 5.32 Å². The quantitative estimate of drug-likeness (QED) is 0.939. The molecule has 19 heavy (non-hydrogen) atoms. The monoisotopic (exact) mass is 294 g/mol. The molecule has 0 bridgehead atoms. The lowest BCUT2D eigenvalue weighted by molar-refractivity contribution is 0.0950. The van der Waals surface area contributed by atoms with Crippen LogP contribution in [0.2, 0.25) is 10.0 Å². The third kappa shape index (κ3) is 3.46. The fourth-order valence-corrected chi connectivity index (χ4v) is 2.39. The third-order valence-corrected chi connectivity index (χ3v) is 3.29. The second-order valence-corrected chi connectivity index (χ2v) is 4.95. The first-order chi connectivity index (χ1) is 9.08. The van der Waals surface area contributed by atoms with Crippen molar-refractivity contribution in [2.75, 3.05) is 0 Å². The van der Waals surface area contributed by atoms with Crippen LogP contribution in [0.25, 0.3) is 0 Å². The lowest BCUT2D eigenvalue weighted by Gasteiger charge is -2.10. The van der Waals surface area contributed by atoms with Crippen molar-refractivity contribution in [3.8, 4) is 0 Å². The van der Waals surface area contributed by atoms with E-state index in [1.165, 1.54) is 6.20 Å². The van der Waals surface area contributed by atoms with E-state index in [1.54, 1.807) is 24.4 Å². The lowest BCUT2D eigenvalue weighted by Crippen LogP contribution is -2.23. The molecule has 5 heteroatoms. The van der Waals surface area contributed by atoms with E-state index >= 15 is 0 Å². The van der Waals surface area contributed by atoms with E-state index in [4.69, 9.17) is 23.2 Å². The van der Waals surface area contributed by atoms with Gasteiger partial charge in [0, 0.05) is 29.0 Å². The van der Waals surface area contributed by atoms with Crippen LogP contribution in [0.4, 0.5) is 0 Å². The number of aryl methyl sites for hydroxylation is 1. The van der Waals surface area contributed by atoms with Crippen LogP contribution >= 0.6 is 23.2 Å². The normalized spacial score (nSPS) is 10.3. The van der Waals surface area contributed by atoms with E-state index in [9.17, 15) is 4.79 Å². The molecule has 0 aliphatic rings. The summed E-state index contributed by atoms with van der Waals surface area (Å²) in [4.78, 5) is 15.8. The Kier molecular flexibility index (Phi) is 4.40. The Hall–Kier alpha value is -1.58. The fraction of sp³-hybridized carbons (Fsp3) is 0.143. The van der Waals surface area contributed by atoms with E-state index in [0.29, 0.717) is 22.2 Å². The highest BCUT2D eigenvalue weighted by Crippen LogP contribution is 2.24. The van der Waals surface area contributed by atoms with Crippen LogP contribution in [0.5, 0.6) is 0 Å². The molecular formula is C14H12Cl2N2O. The van der Waals surface area contributed by atoms with Crippen molar-refractivity contribution in [1.29, 1.82) is 0 Å². The Morgan fingerprint density at radius 2 is 2.16 bits per heavy atom. The van der Waals surface area contributed by atoms with Gasteiger partial charge in [0.25, 0.3) is 5.91 Å². The van der Waals surface area contributed by atoms with Gasteiger partial charge in [-0.15, -0.1) is 0 Å². The van der Waals surface area contributed by atoms with Crippen LogP contribution in [0.15, 0.2) is 36.7 Å². The molecule has 0 saturated carbocycles. The first kappa shape index (κ1) is 13.8. The number of amides is 1. The molecule has 1 N–H and O–H groups in total. The van der Waals surface area contributed by atoms with Crippen molar-refractivity contribution >= 4 is 29.1 Å². The van der Waals surface area contributed by atoms with Gasteiger partial charge in [0.2, 0.25) is 0 Å². The van der Waals surface area contributed by atoms with Gasteiger partial charge in [-0.05, 0) is 42.3 Å². The molecule has 0 atom stereocenters. The Labute approximate surface area is 121 Å². The average Bonchev–Trinajstić information content (AvgIpc) is 2.38. The molecule has 3 nitrogen and oxygen atoms in total. The molecule has 2 rings (SSSR count). The predicted molar refractivity (Wildman–Crippen MR) is 76.6 cm³/mol. The highest BCUT2D eigenvalue weighted by molar-refractivity contribution is 6.35. The summed E-state index contributed by atoms with van der Waals surface area (Å²) in [5.74, 6) is -0.182. The molecule has 0 fully saturated rings. The summed E-state index contributed by atoms with van der Waals surface area (Å²) in [6, 6.07) is 6.91. The fourth-order valence-electron chi connectivity index (χ4n) is 1.72. The van der Waals surface area contributed by atoms with Gasteiger partial charge in [-0.1, -0.05) is 23.2 Å². The van der Waals surface area contributed by atoms with E-state index in [-0.39, 0.29) is 5.91 Å². The number of hydrogen-bond donors (Lipinski definition) is 1. The van der Waals surface area contributed by atoms with Gasteiger partial charge >= 0.3 is 0 Å². The number of aromatic nitrogens is 1. The summed E-state index contributed by atoms with van der Waals surface area (Å²) in [7, 11) is 0. The number of carbonyl (C=O) groups excluding carboxylic acids is 1. The van der Waals surface area contributed by atoms with Gasteiger partial charge in [-0.2, -0.15) is 0 Å². The maximum Gasteiger partial charge on any atom is 0.253 e. The first-order valence-electron chi connectivity index (χ1n) is 5.70. The minimum absolute atomic E-state index is 0.182. The van der Waals surface area contributed by atoms with Gasteiger partial charge in [-0.3, -0.25) is 9.78 Å². The number of halogens is 2. The minimum atomic E-state index is -0.182. The zero-order valence-electron chi connectivity index (χ0n) is 10.3. The molecule has 2 aromatic rings. The number of nitrogens with zero attached hydrogens (tertiary/aromatic N) is 1. The van der Waals surface area contributed by atoms with Crippen LogP contribution in [0, 0.1) is 6.92 Å². The highest BCUT2D eigenvalue weighted by Gasteiger charge is 2.09. The molecule has 1 aromatic carbocycles. The Balaban J connectivity index is 2.10. The lowest BCUT2D eigenvalue weighted by atomic mass is 10.1. The van der Waals surface area contributed by atoms with E-state index in [2.05, 4.69) is 10.3 Å². The number of pyridine rings is 1. The van der Waals surface area contributed by atoms with Gasteiger partial charge in [0.05, 0.1) is 5.56 Å². The molecule has 0 saturated heterocycles. The molecule has 1 amide bonds. The van der Waals surface area contributed by atoms with Crippen LogP contribution in [-0.4, -0.2) is 10.9 Å². The van der Waals surface area contributed by atoms with E-state index < -0.39 is 0 Å². The zero-order chi connectivity index (χ0) is 13.8.